The monoisotopic (exact) mass is 240 g/mol. The van der Waals surface area contributed by atoms with Crippen molar-refractivity contribution in [3.63, 3.8) is 0 Å². The summed E-state index contributed by atoms with van der Waals surface area (Å²) in [4.78, 5) is 33.1. The van der Waals surface area contributed by atoms with E-state index in [1.54, 1.807) is 0 Å². The van der Waals surface area contributed by atoms with Gasteiger partial charge in [-0.1, -0.05) is 12.2 Å². The van der Waals surface area contributed by atoms with Crippen molar-refractivity contribution in [1.29, 1.82) is 0 Å². The minimum absolute atomic E-state index is 0.159. The van der Waals surface area contributed by atoms with Gasteiger partial charge in [-0.2, -0.15) is 0 Å². The molecule has 0 fully saturated rings. The van der Waals surface area contributed by atoms with Crippen LogP contribution in [-0.4, -0.2) is 24.4 Å². The Morgan fingerprint density at radius 1 is 1.29 bits per heavy atom. The second-order valence-electron chi connectivity index (χ2n) is 3.82. The van der Waals surface area contributed by atoms with Crippen LogP contribution in [0.25, 0.3) is 0 Å². The molecule has 17 heavy (non-hydrogen) atoms. The van der Waals surface area contributed by atoms with Gasteiger partial charge in [0.05, 0.1) is 5.92 Å². The summed E-state index contributed by atoms with van der Waals surface area (Å²) in [5, 5.41) is 0. The first kappa shape index (κ1) is 13.2. The summed E-state index contributed by atoms with van der Waals surface area (Å²) in [5.41, 5.74) is 4.22. The van der Waals surface area contributed by atoms with E-state index in [0.29, 0.717) is 6.42 Å². The Morgan fingerprint density at radius 3 is 2.65 bits per heavy atom. The molecule has 94 valence electrons. The zero-order chi connectivity index (χ0) is 12.7. The fraction of sp³-hybridized carbons (Fsp3) is 0.545. The lowest BCUT2D eigenvalue weighted by atomic mass is 9.95. The molecule has 0 spiro atoms. The lowest BCUT2D eigenvalue weighted by Gasteiger charge is -2.16. The molecule has 1 atom stereocenters. The molecule has 0 saturated carbocycles. The number of ether oxygens (including phenoxy) is 1. The van der Waals surface area contributed by atoms with Crippen LogP contribution in [0.4, 0.5) is 0 Å². The van der Waals surface area contributed by atoms with Crippen LogP contribution in [0.2, 0.25) is 0 Å². The highest BCUT2D eigenvalue weighted by Crippen LogP contribution is 2.19. The molecule has 0 saturated heterocycles. The van der Waals surface area contributed by atoms with Crippen LogP contribution < -0.4 is 10.9 Å². The maximum atomic E-state index is 11.5. The molecule has 0 unspecified atom stereocenters. The minimum atomic E-state index is -0.556. The standard InChI is InChI=1S/C11H16N2O4/c1-8(14)12-13-10(15)7-17-11(16)9-5-3-2-4-6-9/h2-3,9H,4-7H2,1H3,(H,12,14)(H,13,15)/t9-/m1/s1. The maximum absolute atomic E-state index is 11.5. The number of rotatable bonds is 3. The fourth-order valence-electron chi connectivity index (χ4n) is 1.46. The highest BCUT2D eigenvalue weighted by atomic mass is 16.5. The van der Waals surface area contributed by atoms with Crippen molar-refractivity contribution in [1.82, 2.24) is 10.9 Å². The van der Waals surface area contributed by atoms with E-state index in [0.717, 1.165) is 12.8 Å². The molecule has 0 bridgehead atoms. The van der Waals surface area contributed by atoms with Crippen LogP contribution in [0, 0.1) is 5.92 Å². The van der Waals surface area contributed by atoms with Crippen molar-refractivity contribution < 1.29 is 19.1 Å². The number of esters is 1. The molecule has 0 aliphatic heterocycles. The highest BCUT2D eigenvalue weighted by molar-refractivity contribution is 5.83. The zero-order valence-electron chi connectivity index (χ0n) is 9.69. The summed E-state index contributed by atoms with van der Waals surface area (Å²) in [5.74, 6) is -1.47. The van der Waals surface area contributed by atoms with Gasteiger partial charge in [-0.3, -0.25) is 25.2 Å². The Hall–Kier alpha value is -1.85. The number of amides is 2. The number of hydrazine groups is 1. The normalized spacial score (nSPS) is 18.3. The van der Waals surface area contributed by atoms with Gasteiger partial charge in [0, 0.05) is 6.92 Å². The van der Waals surface area contributed by atoms with Gasteiger partial charge < -0.3 is 4.74 Å². The Balaban J connectivity index is 2.20. The third-order valence-corrected chi connectivity index (χ3v) is 2.33. The van der Waals surface area contributed by atoms with E-state index in [2.05, 4.69) is 10.9 Å². The predicted molar refractivity (Wildman–Crippen MR) is 59.4 cm³/mol. The average molecular weight is 240 g/mol. The molecular weight excluding hydrogens is 224 g/mol. The third-order valence-electron chi connectivity index (χ3n) is 2.33. The molecule has 1 aliphatic carbocycles. The molecule has 6 nitrogen and oxygen atoms in total. The topological polar surface area (TPSA) is 84.5 Å². The van der Waals surface area contributed by atoms with Crippen molar-refractivity contribution in [3.05, 3.63) is 12.2 Å². The molecule has 0 aromatic rings. The summed E-state index contributed by atoms with van der Waals surface area (Å²) < 4.78 is 4.84. The van der Waals surface area contributed by atoms with Crippen LogP contribution in [-0.2, 0) is 19.1 Å². The van der Waals surface area contributed by atoms with E-state index < -0.39 is 5.91 Å². The first-order valence-electron chi connectivity index (χ1n) is 5.46. The van der Waals surface area contributed by atoms with E-state index >= 15 is 0 Å². The smallest absolute Gasteiger partial charge is 0.309 e. The van der Waals surface area contributed by atoms with Gasteiger partial charge in [0.1, 0.15) is 0 Å². The minimum Gasteiger partial charge on any atom is -0.455 e. The van der Waals surface area contributed by atoms with Crippen molar-refractivity contribution in [3.8, 4) is 0 Å². The fourth-order valence-corrected chi connectivity index (χ4v) is 1.46. The third kappa shape index (κ3) is 5.14. The van der Waals surface area contributed by atoms with E-state index in [1.807, 2.05) is 12.2 Å². The highest BCUT2D eigenvalue weighted by Gasteiger charge is 2.20. The van der Waals surface area contributed by atoms with Gasteiger partial charge in [0.2, 0.25) is 5.91 Å². The summed E-state index contributed by atoms with van der Waals surface area (Å²) in [6, 6.07) is 0. The molecule has 0 heterocycles. The van der Waals surface area contributed by atoms with Crippen LogP contribution in [0.1, 0.15) is 26.2 Å². The van der Waals surface area contributed by atoms with Crippen molar-refractivity contribution >= 4 is 17.8 Å². The van der Waals surface area contributed by atoms with Crippen LogP contribution in [0.15, 0.2) is 12.2 Å². The Bertz CT molecular complexity index is 338. The average Bonchev–Trinajstić information content (AvgIpc) is 2.34. The Morgan fingerprint density at radius 2 is 2.06 bits per heavy atom. The maximum Gasteiger partial charge on any atom is 0.309 e. The van der Waals surface area contributed by atoms with Gasteiger partial charge in [-0.25, -0.2) is 0 Å². The quantitative estimate of drug-likeness (QED) is 0.415. The SMILES string of the molecule is CC(=O)NNC(=O)COC(=O)[C@@H]1CC=CCC1. The summed E-state index contributed by atoms with van der Waals surface area (Å²) >= 11 is 0. The van der Waals surface area contributed by atoms with Crippen LogP contribution in [0.3, 0.4) is 0 Å². The first-order valence-corrected chi connectivity index (χ1v) is 5.46. The molecule has 0 aromatic heterocycles. The lowest BCUT2D eigenvalue weighted by molar-refractivity contribution is -0.153. The summed E-state index contributed by atoms with van der Waals surface area (Å²) in [6.45, 7) is 0.889. The largest absolute Gasteiger partial charge is 0.455 e. The lowest BCUT2D eigenvalue weighted by Crippen LogP contribution is -2.42. The molecule has 6 heteroatoms. The van der Waals surface area contributed by atoms with Crippen molar-refractivity contribution in [2.24, 2.45) is 5.92 Å². The van der Waals surface area contributed by atoms with Crippen LogP contribution in [0.5, 0.6) is 0 Å². The van der Waals surface area contributed by atoms with E-state index in [1.165, 1.54) is 6.92 Å². The Kier molecular flexibility index (Phi) is 5.19. The zero-order valence-corrected chi connectivity index (χ0v) is 9.69. The second-order valence-corrected chi connectivity index (χ2v) is 3.82. The number of hydrogen-bond acceptors (Lipinski definition) is 4. The molecule has 2 N–H and O–H groups in total. The number of nitrogens with one attached hydrogen (secondary N) is 2. The van der Waals surface area contributed by atoms with Crippen molar-refractivity contribution in [2.75, 3.05) is 6.61 Å². The van der Waals surface area contributed by atoms with Crippen LogP contribution >= 0.6 is 0 Å². The molecule has 2 amide bonds. The van der Waals surface area contributed by atoms with E-state index in [-0.39, 0.29) is 24.4 Å². The number of allylic oxidation sites excluding steroid dienone is 2. The first-order chi connectivity index (χ1) is 8.09. The van der Waals surface area contributed by atoms with Gasteiger partial charge >= 0.3 is 5.97 Å². The van der Waals surface area contributed by atoms with Gasteiger partial charge in [0.25, 0.3) is 5.91 Å². The van der Waals surface area contributed by atoms with Gasteiger partial charge in [-0.05, 0) is 19.3 Å². The van der Waals surface area contributed by atoms with Gasteiger partial charge in [0.15, 0.2) is 6.61 Å². The number of hydrogen-bond donors (Lipinski definition) is 2. The van der Waals surface area contributed by atoms with Crippen molar-refractivity contribution in [2.45, 2.75) is 26.2 Å². The molecule has 0 aromatic carbocycles. The molecule has 1 rings (SSSR count). The summed E-state index contributed by atoms with van der Waals surface area (Å²) in [7, 11) is 0. The summed E-state index contributed by atoms with van der Waals surface area (Å²) in [6.07, 6.45) is 6.23. The Labute approximate surface area is 99.4 Å². The number of carbonyl (C=O) groups is 3. The second kappa shape index (κ2) is 6.67. The molecule has 1 aliphatic rings. The molecular formula is C11H16N2O4. The van der Waals surface area contributed by atoms with E-state index in [4.69, 9.17) is 4.74 Å². The predicted octanol–water partition coefficient (Wildman–Crippen LogP) is 0.0532. The molecule has 0 radical (unpaired) electrons. The van der Waals surface area contributed by atoms with E-state index in [9.17, 15) is 14.4 Å². The van der Waals surface area contributed by atoms with Gasteiger partial charge in [-0.15, -0.1) is 0 Å². The number of carbonyl (C=O) groups excluding carboxylic acids is 3.